The van der Waals surface area contributed by atoms with Crippen molar-refractivity contribution in [1.29, 1.82) is 0 Å². The van der Waals surface area contributed by atoms with Gasteiger partial charge in [-0.15, -0.1) is 0 Å². The zero-order chi connectivity index (χ0) is 14.2. The summed E-state index contributed by atoms with van der Waals surface area (Å²) in [6.07, 6.45) is -2.45. The lowest BCUT2D eigenvalue weighted by atomic mass is 9.97. The van der Waals surface area contributed by atoms with E-state index >= 15 is 0 Å². The van der Waals surface area contributed by atoms with E-state index in [2.05, 4.69) is 4.98 Å². The molecule has 1 aromatic heterocycles. The maximum atomic E-state index is 12.2. The molecule has 0 spiro atoms. The third-order valence-corrected chi connectivity index (χ3v) is 3.01. The van der Waals surface area contributed by atoms with Gasteiger partial charge in [0.1, 0.15) is 5.69 Å². The molecule has 3 N–H and O–H groups in total. The number of hydrogen-bond donors (Lipinski definition) is 3. The van der Waals surface area contributed by atoms with Gasteiger partial charge < -0.3 is 15.4 Å². The van der Waals surface area contributed by atoms with Crippen LogP contribution in [-0.2, 0) is 17.6 Å². The number of aryl methyl sites for hydroxylation is 1. The number of nitrogens with one attached hydrogen (secondary N) is 2. The van der Waals surface area contributed by atoms with Gasteiger partial charge in [-0.1, -0.05) is 0 Å². The summed E-state index contributed by atoms with van der Waals surface area (Å²) in [5.41, 5.74) is 0.386. The first kappa shape index (κ1) is 13.4. The van der Waals surface area contributed by atoms with E-state index in [1.807, 2.05) is 0 Å². The molecule has 0 fully saturated rings. The number of rotatable bonds is 2. The molecule has 0 saturated carbocycles. The largest absolute Gasteiger partial charge is 0.477 e. The van der Waals surface area contributed by atoms with Crippen molar-refractivity contribution in [3.63, 3.8) is 0 Å². The molecular formula is C11H11F3N2O3. The quantitative estimate of drug-likeness (QED) is 0.773. The predicted octanol–water partition coefficient (Wildman–Crippen LogP) is 2.09. The van der Waals surface area contributed by atoms with Crippen LogP contribution in [0.5, 0.6) is 0 Å². The molecule has 1 aliphatic carbocycles. The Morgan fingerprint density at radius 3 is 2.42 bits per heavy atom. The number of aromatic amines is 1. The maximum absolute atomic E-state index is 12.2. The van der Waals surface area contributed by atoms with Crippen LogP contribution in [-0.4, -0.2) is 28.1 Å². The van der Waals surface area contributed by atoms with Crippen molar-refractivity contribution in [2.75, 3.05) is 5.32 Å². The second-order valence-corrected chi connectivity index (χ2v) is 4.30. The summed E-state index contributed by atoms with van der Waals surface area (Å²) < 4.78 is 36.7. The molecule has 1 aromatic rings. The van der Waals surface area contributed by atoms with Crippen molar-refractivity contribution >= 4 is 17.6 Å². The Bertz CT molecular complexity index is 534. The van der Waals surface area contributed by atoms with E-state index < -0.39 is 23.7 Å². The molecule has 5 nitrogen and oxygen atoms in total. The Hall–Kier alpha value is -1.99. The minimum Gasteiger partial charge on any atom is -0.477 e. The van der Waals surface area contributed by atoms with Crippen LogP contribution in [0.4, 0.5) is 18.9 Å². The molecule has 104 valence electrons. The molecule has 0 unspecified atom stereocenters. The highest BCUT2D eigenvalue weighted by atomic mass is 19.4. The smallest absolute Gasteiger partial charge is 0.471 e. The summed E-state index contributed by atoms with van der Waals surface area (Å²) >= 11 is 0. The fourth-order valence-electron chi connectivity index (χ4n) is 2.17. The maximum Gasteiger partial charge on any atom is 0.471 e. The van der Waals surface area contributed by atoms with Gasteiger partial charge in [0, 0.05) is 5.69 Å². The fraction of sp³-hybridized carbons (Fsp3) is 0.455. The van der Waals surface area contributed by atoms with Crippen LogP contribution in [0.15, 0.2) is 0 Å². The molecule has 1 heterocycles. The van der Waals surface area contributed by atoms with E-state index in [0.717, 1.165) is 12.8 Å². The number of anilines is 1. The summed E-state index contributed by atoms with van der Waals surface area (Å²) in [5.74, 6) is -3.56. The number of aromatic nitrogens is 1. The number of H-pyrrole nitrogens is 1. The van der Waals surface area contributed by atoms with Crippen LogP contribution in [0.25, 0.3) is 0 Å². The van der Waals surface area contributed by atoms with E-state index in [1.54, 1.807) is 5.32 Å². The number of amides is 1. The molecule has 8 heteroatoms. The predicted molar refractivity (Wildman–Crippen MR) is 59.1 cm³/mol. The lowest BCUT2D eigenvalue weighted by Gasteiger charge is -2.14. The molecule has 19 heavy (non-hydrogen) atoms. The number of hydrogen-bond acceptors (Lipinski definition) is 2. The van der Waals surface area contributed by atoms with E-state index in [4.69, 9.17) is 5.11 Å². The average molecular weight is 276 g/mol. The number of alkyl halides is 3. The molecular weight excluding hydrogens is 265 g/mol. The SMILES string of the molecule is O=C(O)c1[nH]c2c(c1NC(=O)C(F)(F)F)CCCC2. The Morgan fingerprint density at radius 2 is 1.84 bits per heavy atom. The summed E-state index contributed by atoms with van der Waals surface area (Å²) in [6.45, 7) is 0. The van der Waals surface area contributed by atoms with Crippen LogP contribution in [0.3, 0.4) is 0 Å². The Labute approximate surface area is 105 Å². The second kappa shape index (κ2) is 4.60. The van der Waals surface area contributed by atoms with Gasteiger partial charge in [-0.05, 0) is 31.2 Å². The van der Waals surface area contributed by atoms with Crippen LogP contribution in [0.1, 0.15) is 34.6 Å². The van der Waals surface area contributed by atoms with Gasteiger partial charge in [0.05, 0.1) is 5.69 Å². The highest BCUT2D eigenvalue weighted by Crippen LogP contribution is 2.32. The molecule has 0 atom stereocenters. The van der Waals surface area contributed by atoms with Crippen LogP contribution in [0.2, 0.25) is 0 Å². The number of halogens is 3. The summed E-state index contributed by atoms with van der Waals surface area (Å²) in [4.78, 5) is 24.5. The lowest BCUT2D eigenvalue weighted by molar-refractivity contribution is -0.167. The van der Waals surface area contributed by atoms with Gasteiger partial charge in [-0.2, -0.15) is 13.2 Å². The van der Waals surface area contributed by atoms with Gasteiger partial charge in [0.2, 0.25) is 0 Å². The second-order valence-electron chi connectivity index (χ2n) is 4.30. The Balaban J connectivity index is 2.40. The molecule has 0 bridgehead atoms. The zero-order valence-corrected chi connectivity index (χ0v) is 9.73. The topological polar surface area (TPSA) is 82.2 Å². The number of carboxylic acids is 1. The van der Waals surface area contributed by atoms with Crippen molar-refractivity contribution < 1.29 is 27.9 Å². The van der Waals surface area contributed by atoms with Crippen LogP contribution >= 0.6 is 0 Å². The minimum atomic E-state index is -5.05. The number of carboxylic acid groups (broad SMARTS) is 1. The van der Waals surface area contributed by atoms with Crippen molar-refractivity contribution in [1.82, 2.24) is 4.98 Å². The van der Waals surface area contributed by atoms with Crippen molar-refractivity contribution in [3.05, 3.63) is 17.0 Å². The Kier molecular flexibility index (Phi) is 3.25. The molecule has 0 radical (unpaired) electrons. The minimum absolute atomic E-state index is 0.260. The number of fused-ring (bicyclic) bond motifs is 1. The number of carbonyl (C=O) groups is 2. The third kappa shape index (κ3) is 2.56. The molecule has 0 aromatic carbocycles. The average Bonchev–Trinajstić information content (AvgIpc) is 2.67. The first-order valence-corrected chi connectivity index (χ1v) is 5.66. The molecule has 1 amide bonds. The monoisotopic (exact) mass is 276 g/mol. The van der Waals surface area contributed by atoms with Gasteiger partial charge in [-0.25, -0.2) is 4.79 Å². The molecule has 0 saturated heterocycles. The first-order chi connectivity index (χ1) is 8.80. The van der Waals surface area contributed by atoms with Crippen molar-refractivity contribution in [3.8, 4) is 0 Å². The lowest BCUT2D eigenvalue weighted by Crippen LogP contribution is -2.30. The highest BCUT2D eigenvalue weighted by molar-refractivity contribution is 6.02. The van der Waals surface area contributed by atoms with Gasteiger partial charge in [0.25, 0.3) is 0 Å². The number of aromatic carboxylic acids is 1. The fourth-order valence-corrected chi connectivity index (χ4v) is 2.17. The molecule has 1 aliphatic rings. The first-order valence-electron chi connectivity index (χ1n) is 5.66. The van der Waals surface area contributed by atoms with E-state index in [1.165, 1.54) is 0 Å². The zero-order valence-electron chi connectivity index (χ0n) is 9.73. The van der Waals surface area contributed by atoms with Crippen molar-refractivity contribution in [2.24, 2.45) is 0 Å². The summed E-state index contributed by atoms with van der Waals surface area (Å²) in [5, 5.41) is 10.6. The molecule has 2 rings (SSSR count). The summed E-state index contributed by atoms with van der Waals surface area (Å²) in [6, 6.07) is 0. The van der Waals surface area contributed by atoms with E-state index in [0.29, 0.717) is 24.1 Å². The van der Waals surface area contributed by atoms with Gasteiger partial charge in [0.15, 0.2) is 0 Å². The van der Waals surface area contributed by atoms with Crippen molar-refractivity contribution in [2.45, 2.75) is 31.9 Å². The normalized spacial score (nSPS) is 14.9. The third-order valence-electron chi connectivity index (χ3n) is 3.01. The molecule has 0 aliphatic heterocycles. The van der Waals surface area contributed by atoms with Crippen LogP contribution in [0, 0.1) is 0 Å². The van der Waals surface area contributed by atoms with Crippen LogP contribution < -0.4 is 5.32 Å². The standard InChI is InChI=1S/C11H11F3N2O3/c12-11(13,14)10(19)16-7-5-3-1-2-4-6(5)15-8(7)9(17)18/h15H,1-4H2,(H,16,19)(H,17,18). The number of carbonyl (C=O) groups excluding carboxylic acids is 1. The van der Waals surface area contributed by atoms with Gasteiger partial charge >= 0.3 is 18.1 Å². The van der Waals surface area contributed by atoms with Gasteiger partial charge in [-0.3, -0.25) is 4.79 Å². The highest BCUT2D eigenvalue weighted by Gasteiger charge is 2.40. The van der Waals surface area contributed by atoms with E-state index in [-0.39, 0.29) is 5.69 Å². The summed E-state index contributed by atoms with van der Waals surface area (Å²) in [7, 11) is 0. The van der Waals surface area contributed by atoms with E-state index in [9.17, 15) is 22.8 Å². The Morgan fingerprint density at radius 1 is 1.21 bits per heavy atom.